The molecule has 6 aliphatic rings. The SMILES string of the molecule is CN(C[C@H]1C[C@@H](N2CCC3C(N)NCN(C)C32)[C@H](O)[C@@H]1O)C1CC(CCC2Nc3ccc(C4(C)CCC4)cc3N2)C1. The van der Waals surface area contributed by atoms with Gasteiger partial charge >= 0.3 is 0 Å². The summed E-state index contributed by atoms with van der Waals surface area (Å²) in [7, 11) is 4.35. The number of rotatable bonds is 8. The van der Waals surface area contributed by atoms with Crippen LogP contribution in [0.2, 0.25) is 0 Å². The van der Waals surface area contributed by atoms with Gasteiger partial charge in [-0.1, -0.05) is 19.4 Å². The summed E-state index contributed by atoms with van der Waals surface area (Å²) >= 11 is 0. The lowest BCUT2D eigenvalue weighted by Gasteiger charge is -2.45. The Morgan fingerprint density at radius 2 is 1.85 bits per heavy atom. The van der Waals surface area contributed by atoms with E-state index in [0.717, 1.165) is 44.9 Å². The lowest BCUT2D eigenvalue weighted by molar-refractivity contribution is -0.0541. The molecule has 0 radical (unpaired) electrons. The normalized spacial score (nSPS) is 41.8. The number of benzene rings is 1. The average molecular weight is 568 g/mol. The Morgan fingerprint density at radius 1 is 1.07 bits per heavy atom. The maximum Gasteiger partial charge on any atom is 0.0964 e. The highest BCUT2D eigenvalue weighted by molar-refractivity contribution is 5.75. The third kappa shape index (κ3) is 5.09. The van der Waals surface area contributed by atoms with Gasteiger partial charge in [-0.2, -0.15) is 0 Å². The standard InChI is InChI=1S/C32H53N7O2/c1-32(10-4-11-32)21-6-7-24-25(16-21)36-27(35-24)8-5-19-13-22(14-19)37(2)17-20-15-26(29(41)28(20)40)39-12-9-23-30(33)34-18-38(3)31(23)39/h6-7,16,19-20,22-23,26-31,34-36,40-41H,4-5,8-15,17-18,33H2,1-3H3/t19?,20-,22?,23?,26-,27?,28-,29+,30?,31?/m1/s1. The molecule has 3 saturated carbocycles. The smallest absolute Gasteiger partial charge is 0.0964 e. The number of hydrogen-bond donors (Lipinski definition) is 6. The predicted molar refractivity (Wildman–Crippen MR) is 163 cm³/mol. The second kappa shape index (κ2) is 10.9. The lowest BCUT2D eigenvalue weighted by atomic mass is 9.66. The van der Waals surface area contributed by atoms with Crippen LogP contribution in [0.25, 0.3) is 0 Å². The molecule has 228 valence electrons. The zero-order valence-corrected chi connectivity index (χ0v) is 25.3. The largest absolute Gasteiger partial charge is 0.390 e. The average Bonchev–Trinajstić information content (AvgIpc) is 3.61. The highest BCUT2D eigenvalue weighted by Gasteiger charge is 2.52. The molecule has 3 aliphatic carbocycles. The monoisotopic (exact) mass is 567 g/mol. The van der Waals surface area contributed by atoms with Crippen LogP contribution in [-0.4, -0.2) is 102 Å². The van der Waals surface area contributed by atoms with E-state index in [1.165, 1.54) is 55.5 Å². The minimum absolute atomic E-state index is 0.00196. The van der Waals surface area contributed by atoms with E-state index in [9.17, 15) is 10.2 Å². The Hall–Kier alpha value is -1.46. The Balaban J connectivity index is 0.861. The highest BCUT2D eigenvalue weighted by atomic mass is 16.3. The molecule has 1 aromatic rings. The molecule has 8 atom stereocenters. The second-order valence-corrected chi connectivity index (χ2v) is 14.8. The van der Waals surface area contributed by atoms with Crippen molar-refractivity contribution in [1.29, 1.82) is 0 Å². The van der Waals surface area contributed by atoms with Gasteiger partial charge < -0.3 is 31.5 Å². The molecule has 0 bridgehead atoms. The molecule has 3 aliphatic heterocycles. The van der Waals surface area contributed by atoms with E-state index in [0.29, 0.717) is 23.5 Å². The van der Waals surface area contributed by atoms with Gasteiger partial charge in [0.1, 0.15) is 0 Å². The number of hydrogen-bond acceptors (Lipinski definition) is 9. The fourth-order valence-corrected chi connectivity index (χ4v) is 9.17. The molecule has 9 heteroatoms. The van der Waals surface area contributed by atoms with Gasteiger partial charge in [-0.3, -0.25) is 15.1 Å². The van der Waals surface area contributed by atoms with Crippen LogP contribution in [0.1, 0.15) is 70.3 Å². The van der Waals surface area contributed by atoms with Crippen molar-refractivity contribution >= 4 is 11.4 Å². The third-order valence-corrected chi connectivity index (χ3v) is 12.2. The maximum absolute atomic E-state index is 11.1. The molecule has 3 heterocycles. The second-order valence-electron chi connectivity index (χ2n) is 14.8. The minimum atomic E-state index is -0.691. The molecule has 2 saturated heterocycles. The number of nitrogens with one attached hydrogen (secondary N) is 3. The quantitative estimate of drug-likeness (QED) is 0.282. The van der Waals surface area contributed by atoms with Crippen molar-refractivity contribution in [1.82, 2.24) is 20.0 Å². The summed E-state index contributed by atoms with van der Waals surface area (Å²) in [5.74, 6) is 1.24. The molecule has 41 heavy (non-hydrogen) atoms. The summed E-state index contributed by atoms with van der Waals surface area (Å²) in [5, 5.41) is 33.0. The van der Waals surface area contributed by atoms with Crippen LogP contribution in [0.4, 0.5) is 11.4 Å². The number of anilines is 2. The molecular weight excluding hydrogens is 514 g/mol. The number of aliphatic hydroxyl groups is 2. The summed E-state index contributed by atoms with van der Waals surface area (Å²) < 4.78 is 0. The summed E-state index contributed by atoms with van der Waals surface area (Å²) in [5.41, 5.74) is 10.8. The number of nitrogens with zero attached hydrogens (tertiary/aromatic N) is 3. The molecule has 4 unspecified atom stereocenters. The molecule has 5 fully saturated rings. The van der Waals surface area contributed by atoms with Crippen molar-refractivity contribution in [3.05, 3.63) is 23.8 Å². The van der Waals surface area contributed by atoms with E-state index in [1.807, 2.05) is 0 Å². The van der Waals surface area contributed by atoms with Crippen LogP contribution in [0.5, 0.6) is 0 Å². The molecule has 0 aromatic heterocycles. The maximum atomic E-state index is 11.1. The van der Waals surface area contributed by atoms with E-state index in [-0.39, 0.29) is 24.3 Å². The van der Waals surface area contributed by atoms with Gasteiger partial charge in [-0.05, 0) is 94.5 Å². The Labute approximate surface area is 246 Å². The molecule has 7 rings (SSSR count). The minimum Gasteiger partial charge on any atom is -0.390 e. The van der Waals surface area contributed by atoms with Gasteiger partial charge in [-0.15, -0.1) is 0 Å². The first-order chi connectivity index (χ1) is 19.7. The fourth-order valence-electron chi connectivity index (χ4n) is 9.17. The zero-order chi connectivity index (χ0) is 28.5. The molecule has 0 amide bonds. The van der Waals surface area contributed by atoms with Crippen molar-refractivity contribution in [2.45, 2.75) is 113 Å². The van der Waals surface area contributed by atoms with Gasteiger partial charge in [0, 0.05) is 37.0 Å². The van der Waals surface area contributed by atoms with E-state index in [4.69, 9.17) is 5.73 Å². The van der Waals surface area contributed by atoms with Crippen LogP contribution in [0.15, 0.2) is 18.2 Å². The van der Waals surface area contributed by atoms with Crippen molar-refractivity contribution in [3.8, 4) is 0 Å². The number of likely N-dealkylation sites (tertiary alicyclic amines) is 1. The van der Waals surface area contributed by atoms with Gasteiger partial charge in [0.25, 0.3) is 0 Å². The van der Waals surface area contributed by atoms with Crippen molar-refractivity contribution < 1.29 is 10.2 Å². The van der Waals surface area contributed by atoms with Crippen LogP contribution >= 0.6 is 0 Å². The van der Waals surface area contributed by atoms with Gasteiger partial charge in [0.05, 0.1) is 48.7 Å². The van der Waals surface area contributed by atoms with E-state index < -0.39 is 12.2 Å². The summed E-state index contributed by atoms with van der Waals surface area (Å²) in [6.07, 6.45) is 9.94. The van der Waals surface area contributed by atoms with Crippen molar-refractivity contribution in [3.63, 3.8) is 0 Å². The summed E-state index contributed by atoms with van der Waals surface area (Å²) in [4.78, 5) is 7.22. The van der Waals surface area contributed by atoms with Gasteiger partial charge in [-0.25, -0.2) is 0 Å². The molecule has 7 N–H and O–H groups in total. The van der Waals surface area contributed by atoms with Crippen LogP contribution < -0.4 is 21.7 Å². The van der Waals surface area contributed by atoms with E-state index >= 15 is 0 Å². The van der Waals surface area contributed by atoms with Crippen LogP contribution in [-0.2, 0) is 5.41 Å². The molecule has 1 aromatic carbocycles. The first-order valence-electron chi connectivity index (χ1n) is 16.4. The number of nitrogens with two attached hydrogens (primary N) is 1. The fraction of sp³-hybridized carbons (Fsp3) is 0.812. The number of aliphatic hydroxyl groups excluding tert-OH is 2. The highest BCUT2D eigenvalue weighted by Crippen LogP contribution is 2.46. The third-order valence-electron chi connectivity index (χ3n) is 12.2. The van der Waals surface area contributed by atoms with Crippen molar-refractivity contribution in [2.75, 3.05) is 44.5 Å². The Kier molecular flexibility index (Phi) is 7.54. The van der Waals surface area contributed by atoms with Crippen molar-refractivity contribution in [2.24, 2.45) is 23.5 Å². The first-order valence-corrected chi connectivity index (χ1v) is 16.4. The van der Waals surface area contributed by atoms with Crippen LogP contribution in [0, 0.1) is 17.8 Å². The van der Waals surface area contributed by atoms with E-state index in [2.05, 4.69) is 69.9 Å². The molecule has 9 nitrogen and oxygen atoms in total. The topological polar surface area (TPSA) is 112 Å². The molecule has 0 spiro atoms. The Morgan fingerprint density at radius 3 is 2.61 bits per heavy atom. The van der Waals surface area contributed by atoms with Gasteiger partial charge in [0.15, 0.2) is 0 Å². The number of fused-ring (bicyclic) bond motifs is 2. The molecular formula is C32H53N7O2. The first kappa shape index (κ1) is 28.3. The predicted octanol–water partition coefficient (Wildman–Crippen LogP) is 2.32. The van der Waals surface area contributed by atoms with Gasteiger partial charge in [0.2, 0.25) is 0 Å². The summed E-state index contributed by atoms with van der Waals surface area (Å²) in [6.45, 7) is 4.96. The lowest BCUT2D eigenvalue weighted by Crippen LogP contribution is -2.64. The van der Waals surface area contributed by atoms with E-state index in [1.54, 1.807) is 0 Å². The Bertz CT molecular complexity index is 1090. The van der Waals surface area contributed by atoms with Crippen LogP contribution in [0.3, 0.4) is 0 Å². The zero-order valence-electron chi connectivity index (χ0n) is 25.3. The summed E-state index contributed by atoms with van der Waals surface area (Å²) in [6, 6.07) is 7.57.